The first-order valence-electron chi connectivity index (χ1n) is 8.48. The Labute approximate surface area is 159 Å². The quantitative estimate of drug-likeness (QED) is 0.676. The standard InChI is InChI=1S/C20H16N4O4/c1-10-7-12(4-6-15(10)28-13-5-3-11(2)22-9-13)24-16(25)8-14-17(18(24)21)20(27)23-19(14)26/h3-9H,21H2,1-2H3,(H,23,26,27). The van der Waals surface area contributed by atoms with Gasteiger partial charge in [0.1, 0.15) is 17.3 Å². The van der Waals surface area contributed by atoms with Crippen LogP contribution in [-0.4, -0.2) is 21.4 Å². The number of hydrogen-bond donors (Lipinski definition) is 2. The van der Waals surface area contributed by atoms with E-state index in [0.717, 1.165) is 17.3 Å². The Morgan fingerprint density at radius 1 is 1.04 bits per heavy atom. The van der Waals surface area contributed by atoms with E-state index in [4.69, 9.17) is 10.5 Å². The number of nitrogens with two attached hydrogens (primary N) is 1. The Hall–Kier alpha value is -3.94. The van der Waals surface area contributed by atoms with Crippen LogP contribution in [-0.2, 0) is 0 Å². The molecule has 0 aliphatic carbocycles. The molecule has 3 N–H and O–H groups in total. The van der Waals surface area contributed by atoms with Gasteiger partial charge in [0.25, 0.3) is 17.4 Å². The van der Waals surface area contributed by atoms with Gasteiger partial charge in [0.15, 0.2) is 0 Å². The number of benzene rings is 1. The van der Waals surface area contributed by atoms with Gasteiger partial charge in [0.2, 0.25) is 0 Å². The number of pyridine rings is 2. The summed E-state index contributed by atoms with van der Waals surface area (Å²) in [6, 6.07) is 9.85. The fraction of sp³-hybridized carbons (Fsp3) is 0.100. The number of nitrogens with zero attached hydrogens (tertiary/aromatic N) is 2. The van der Waals surface area contributed by atoms with Crippen LogP contribution in [0.1, 0.15) is 32.0 Å². The van der Waals surface area contributed by atoms with Crippen molar-refractivity contribution in [2.45, 2.75) is 13.8 Å². The van der Waals surface area contributed by atoms with E-state index in [1.807, 2.05) is 26.0 Å². The third kappa shape index (κ3) is 2.81. The summed E-state index contributed by atoms with van der Waals surface area (Å²) in [7, 11) is 0. The maximum Gasteiger partial charge on any atom is 0.262 e. The first-order chi connectivity index (χ1) is 13.3. The van der Waals surface area contributed by atoms with Crippen LogP contribution < -0.4 is 21.3 Å². The summed E-state index contributed by atoms with van der Waals surface area (Å²) in [5.74, 6) is -0.139. The number of ether oxygens (including phenoxy) is 1. The molecule has 4 rings (SSSR count). The first kappa shape index (κ1) is 17.5. The lowest BCUT2D eigenvalue weighted by molar-refractivity contribution is 0.0880. The van der Waals surface area contributed by atoms with Gasteiger partial charge in [-0.3, -0.25) is 29.3 Å². The van der Waals surface area contributed by atoms with E-state index in [1.165, 1.54) is 4.57 Å². The average Bonchev–Trinajstić information content (AvgIpc) is 2.93. The molecule has 140 valence electrons. The number of rotatable bonds is 3. The van der Waals surface area contributed by atoms with Crippen molar-refractivity contribution in [1.29, 1.82) is 0 Å². The van der Waals surface area contributed by atoms with E-state index in [-0.39, 0.29) is 16.9 Å². The number of carbonyl (C=O) groups is 2. The lowest BCUT2D eigenvalue weighted by Gasteiger charge is -2.14. The predicted molar refractivity (Wildman–Crippen MR) is 102 cm³/mol. The van der Waals surface area contributed by atoms with Crippen LogP contribution in [0, 0.1) is 13.8 Å². The first-order valence-corrected chi connectivity index (χ1v) is 8.48. The number of amides is 2. The summed E-state index contributed by atoms with van der Waals surface area (Å²) in [4.78, 5) is 40.5. The summed E-state index contributed by atoms with van der Waals surface area (Å²) < 4.78 is 7.03. The Bertz CT molecular complexity index is 1200. The topological polar surface area (TPSA) is 116 Å². The minimum atomic E-state index is -0.623. The third-order valence-electron chi connectivity index (χ3n) is 4.48. The number of nitrogens with one attached hydrogen (secondary N) is 1. The maximum atomic E-state index is 12.5. The molecule has 0 fully saturated rings. The van der Waals surface area contributed by atoms with E-state index in [9.17, 15) is 14.4 Å². The Kier molecular flexibility index (Phi) is 3.96. The summed E-state index contributed by atoms with van der Waals surface area (Å²) in [5.41, 5.74) is 7.65. The highest BCUT2D eigenvalue weighted by Crippen LogP contribution is 2.28. The molecule has 1 aromatic carbocycles. The highest BCUT2D eigenvalue weighted by molar-refractivity contribution is 6.23. The van der Waals surface area contributed by atoms with Gasteiger partial charge in [-0.15, -0.1) is 0 Å². The molecule has 0 bridgehead atoms. The molecule has 0 saturated heterocycles. The molecule has 2 amide bonds. The Morgan fingerprint density at radius 2 is 1.82 bits per heavy atom. The van der Waals surface area contributed by atoms with Gasteiger partial charge < -0.3 is 10.5 Å². The summed E-state index contributed by atoms with van der Waals surface area (Å²) in [6.07, 6.45) is 1.63. The SMILES string of the molecule is Cc1ccc(Oc2ccc(-n3c(N)c4c(cc3=O)C(=O)NC4=O)cc2C)cn1. The fourth-order valence-corrected chi connectivity index (χ4v) is 3.07. The minimum Gasteiger partial charge on any atom is -0.455 e. The zero-order valence-electron chi connectivity index (χ0n) is 15.1. The van der Waals surface area contributed by atoms with Crippen LogP contribution in [0.25, 0.3) is 5.69 Å². The van der Waals surface area contributed by atoms with E-state index in [0.29, 0.717) is 17.2 Å². The lowest BCUT2D eigenvalue weighted by atomic mass is 10.1. The van der Waals surface area contributed by atoms with E-state index in [2.05, 4.69) is 10.3 Å². The molecule has 3 heterocycles. The smallest absolute Gasteiger partial charge is 0.262 e. The molecule has 8 nitrogen and oxygen atoms in total. The van der Waals surface area contributed by atoms with Gasteiger partial charge in [-0.2, -0.15) is 0 Å². The molecule has 1 aliphatic rings. The van der Waals surface area contributed by atoms with Crippen LogP contribution >= 0.6 is 0 Å². The number of nitrogen functional groups attached to an aromatic ring is 1. The molecule has 1 aliphatic heterocycles. The second-order valence-corrected chi connectivity index (χ2v) is 6.46. The third-order valence-corrected chi connectivity index (χ3v) is 4.48. The fourth-order valence-electron chi connectivity index (χ4n) is 3.07. The number of imide groups is 1. The molecule has 0 saturated carbocycles. The van der Waals surface area contributed by atoms with Crippen LogP contribution in [0.2, 0.25) is 0 Å². The molecule has 0 unspecified atom stereocenters. The largest absolute Gasteiger partial charge is 0.455 e. The number of aryl methyl sites for hydroxylation is 2. The van der Waals surface area contributed by atoms with Crippen LogP contribution in [0.3, 0.4) is 0 Å². The number of hydrogen-bond acceptors (Lipinski definition) is 6. The van der Waals surface area contributed by atoms with Crippen molar-refractivity contribution in [2.75, 3.05) is 5.73 Å². The number of fused-ring (bicyclic) bond motifs is 1. The molecular formula is C20H16N4O4. The molecule has 0 radical (unpaired) electrons. The van der Waals surface area contributed by atoms with Gasteiger partial charge >= 0.3 is 0 Å². The van der Waals surface area contributed by atoms with Gasteiger partial charge in [-0.25, -0.2) is 0 Å². The van der Waals surface area contributed by atoms with E-state index < -0.39 is 17.4 Å². The van der Waals surface area contributed by atoms with Crippen molar-refractivity contribution in [3.8, 4) is 17.2 Å². The summed E-state index contributed by atoms with van der Waals surface area (Å²) in [5, 5.41) is 2.14. The highest BCUT2D eigenvalue weighted by Gasteiger charge is 2.31. The number of anilines is 1. The maximum absolute atomic E-state index is 12.5. The van der Waals surface area contributed by atoms with E-state index in [1.54, 1.807) is 24.4 Å². The van der Waals surface area contributed by atoms with Crippen LogP contribution in [0.4, 0.5) is 5.82 Å². The van der Waals surface area contributed by atoms with Gasteiger partial charge in [-0.1, -0.05) is 0 Å². The highest BCUT2D eigenvalue weighted by atomic mass is 16.5. The normalized spacial score (nSPS) is 12.6. The molecule has 2 aromatic heterocycles. The number of aromatic nitrogens is 2. The van der Waals surface area contributed by atoms with Crippen molar-refractivity contribution in [3.05, 3.63) is 75.3 Å². The summed E-state index contributed by atoms with van der Waals surface area (Å²) in [6.45, 7) is 3.71. The summed E-state index contributed by atoms with van der Waals surface area (Å²) >= 11 is 0. The van der Waals surface area contributed by atoms with Gasteiger partial charge in [0, 0.05) is 11.8 Å². The van der Waals surface area contributed by atoms with Crippen LogP contribution in [0.5, 0.6) is 11.5 Å². The molecule has 3 aromatic rings. The van der Waals surface area contributed by atoms with Crippen molar-refractivity contribution >= 4 is 17.6 Å². The van der Waals surface area contributed by atoms with Crippen molar-refractivity contribution < 1.29 is 14.3 Å². The molecular weight excluding hydrogens is 360 g/mol. The lowest BCUT2D eigenvalue weighted by Crippen LogP contribution is -2.24. The van der Waals surface area contributed by atoms with Crippen molar-refractivity contribution in [3.63, 3.8) is 0 Å². The van der Waals surface area contributed by atoms with Crippen molar-refractivity contribution in [2.24, 2.45) is 0 Å². The van der Waals surface area contributed by atoms with Crippen LogP contribution in [0.15, 0.2) is 47.4 Å². The minimum absolute atomic E-state index is 0.00713. The van der Waals surface area contributed by atoms with Gasteiger partial charge in [0.05, 0.1) is 23.0 Å². The van der Waals surface area contributed by atoms with Crippen molar-refractivity contribution in [1.82, 2.24) is 14.9 Å². The molecule has 0 spiro atoms. The Morgan fingerprint density at radius 3 is 2.50 bits per heavy atom. The van der Waals surface area contributed by atoms with Gasteiger partial charge in [-0.05, 0) is 49.7 Å². The predicted octanol–water partition coefficient (Wildman–Crippen LogP) is 2.11. The zero-order chi connectivity index (χ0) is 20.0. The number of carbonyl (C=O) groups excluding carboxylic acids is 2. The zero-order valence-corrected chi connectivity index (χ0v) is 15.1. The molecule has 8 heteroatoms. The second-order valence-electron chi connectivity index (χ2n) is 6.46. The monoisotopic (exact) mass is 376 g/mol. The molecule has 0 atom stereocenters. The average molecular weight is 376 g/mol. The molecule has 28 heavy (non-hydrogen) atoms. The second kappa shape index (κ2) is 6.34. The van der Waals surface area contributed by atoms with E-state index >= 15 is 0 Å². The Balaban J connectivity index is 1.75.